The van der Waals surface area contributed by atoms with E-state index in [9.17, 15) is 9.90 Å². The maximum atomic E-state index is 10.4. The van der Waals surface area contributed by atoms with E-state index in [0.29, 0.717) is 23.7 Å². The second kappa shape index (κ2) is 6.62. The first-order chi connectivity index (χ1) is 8.72. The summed E-state index contributed by atoms with van der Waals surface area (Å²) in [4.78, 5) is 10.4. The summed E-state index contributed by atoms with van der Waals surface area (Å²) in [5.41, 5.74) is 0. The Morgan fingerprint density at radius 1 is 1.22 bits per heavy atom. The molecule has 4 heteroatoms. The quantitative estimate of drug-likeness (QED) is 0.551. The molecule has 102 valence electrons. The molecule has 0 amide bonds. The zero-order chi connectivity index (χ0) is 13.0. The Labute approximate surface area is 113 Å². The summed E-state index contributed by atoms with van der Waals surface area (Å²) in [5, 5.41) is 19.4. The fourth-order valence-corrected chi connectivity index (χ4v) is 5.19. The summed E-state index contributed by atoms with van der Waals surface area (Å²) in [6.45, 7) is 0.325. The summed E-state index contributed by atoms with van der Waals surface area (Å²) < 4.78 is 0. The first-order valence-corrected chi connectivity index (χ1v) is 7.79. The maximum absolute atomic E-state index is 10.4. The van der Waals surface area contributed by atoms with Crippen molar-refractivity contribution in [1.82, 2.24) is 0 Å². The molecular weight excluding hydrogens is 248 g/mol. The average molecular weight is 270 g/mol. The number of carbonyl (C=O) groups is 1. The number of carboxylic acid groups (broad SMARTS) is 1. The third-order valence-corrected chi connectivity index (χ3v) is 6.01. The lowest BCUT2D eigenvalue weighted by Crippen LogP contribution is -2.29. The molecule has 2 heterocycles. The molecule has 4 atom stereocenters. The van der Waals surface area contributed by atoms with Crippen LogP contribution in [0.1, 0.15) is 38.5 Å². The topological polar surface area (TPSA) is 57.5 Å². The molecule has 2 saturated heterocycles. The Kier molecular flexibility index (Phi) is 5.13. The van der Waals surface area contributed by atoms with Crippen molar-refractivity contribution in [3.05, 3.63) is 12.2 Å². The Hall–Kier alpha value is -0.480. The van der Waals surface area contributed by atoms with Crippen LogP contribution < -0.4 is 0 Å². The lowest BCUT2D eigenvalue weighted by Gasteiger charge is -2.27. The largest absolute Gasteiger partial charge is 0.481 e. The first kappa shape index (κ1) is 13.9. The zero-order valence-corrected chi connectivity index (χ0v) is 11.4. The van der Waals surface area contributed by atoms with Crippen molar-refractivity contribution in [3.63, 3.8) is 0 Å². The fourth-order valence-electron chi connectivity index (χ4n) is 3.19. The van der Waals surface area contributed by atoms with Crippen LogP contribution in [-0.4, -0.2) is 33.3 Å². The highest BCUT2D eigenvalue weighted by Gasteiger charge is 2.46. The Morgan fingerprint density at radius 3 is 2.61 bits per heavy atom. The highest BCUT2D eigenvalue weighted by atomic mass is 32.2. The molecule has 0 unspecified atom stereocenters. The molecule has 2 fully saturated rings. The van der Waals surface area contributed by atoms with E-state index in [1.165, 1.54) is 12.8 Å². The van der Waals surface area contributed by atoms with Crippen molar-refractivity contribution < 1.29 is 15.0 Å². The van der Waals surface area contributed by atoms with Crippen LogP contribution in [0.2, 0.25) is 0 Å². The number of thioether (sulfide) groups is 1. The number of rotatable bonds is 7. The second-order valence-corrected chi connectivity index (χ2v) is 6.78. The molecule has 2 rings (SSSR count). The van der Waals surface area contributed by atoms with Gasteiger partial charge in [0.25, 0.3) is 0 Å². The highest BCUT2D eigenvalue weighted by Crippen LogP contribution is 2.53. The van der Waals surface area contributed by atoms with Gasteiger partial charge in [-0.1, -0.05) is 12.2 Å². The number of hydrogen-bond donors (Lipinski definition) is 2. The van der Waals surface area contributed by atoms with Gasteiger partial charge in [-0.3, -0.25) is 4.79 Å². The predicted octanol–water partition coefficient (Wildman–Crippen LogP) is 2.69. The van der Waals surface area contributed by atoms with Gasteiger partial charge in [-0.25, -0.2) is 0 Å². The van der Waals surface area contributed by atoms with Crippen LogP contribution in [0, 0.1) is 11.8 Å². The Bertz CT molecular complexity index is 316. The van der Waals surface area contributed by atoms with Gasteiger partial charge in [0.05, 0.1) is 0 Å². The SMILES string of the molecule is O=C(O)CCC/C=C\C[C@H]1[C@@H](CO)[C@H]2CC[C@@H]1S2. The molecule has 2 bridgehead atoms. The van der Waals surface area contributed by atoms with Gasteiger partial charge in [0.1, 0.15) is 0 Å². The van der Waals surface area contributed by atoms with Crippen molar-refractivity contribution in [2.24, 2.45) is 11.8 Å². The van der Waals surface area contributed by atoms with Gasteiger partial charge in [-0.2, -0.15) is 11.8 Å². The maximum Gasteiger partial charge on any atom is 0.303 e. The minimum atomic E-state index is -0.715. The average Bonchev–Trinajstić information content (AvgIpc) is 2.93. The Balaban J connectivity index is 1.69. The number of unbranched alkanes of at least 4 members (excludes halogenated alkanes) is 1. The molecule has 0 aromatic carbocycles. The third-order valence-electron chi connectivity index (χ3n) is 4.14. The van der Waals surface area contributed by atoms with E-state index in [0.717, 1.165) is 24.5 Å². The lowest BCUT2D eigenvalue weighted by atomic mass is 9.78. The summed E-state index contributed by atoms with van der Waals surface area (Å²) in [6.07, 6.45) is 9.76. The molecule has 2 N–H and O–H groups in total. The van der Waals surface area contributed by atoms with Gasteiger partial charge >= 0.3 is 5.97 Å². The number of aliphatic hydroxyl groups is 1. The van der Waals surface area contributed by atoms with Crippen molar-refractivity contribution in [2.75, 3.05) is 6.61 Å². The van der Waals surface area contributed by atoms with Gasteiger partial charge in [0.2, 0.25) is 0 Å². The van der Waals surface area contributed by atoms with Crippen LogP contribution in [0.15, 0.2) is 12.2 Å². The monoisotopic (exact) mass is 270 g/mol. The van der Waals surface area contributed by atoms with Gasteiger partial charge in [0.15, 0.2) is 0 Å². The van der Waals surface area contributed by atoms with E-state index in [2.05, 4.69) is 23.9 Å². The van der Waals surface area contributed by atoms with Crippen molar-refractivity contribution in [2.45, 2.75) is 49.0 Å². The number of allylic oxidation sites excluding steroid dienone is 2. The van der Waals surface area contributed by atoms with Gasteiger partial charge < -0.3 is 10.2 Å². The molecule has 3 nitrogen and oxygen atoms in total. The van der Waals surface area contributed by atoms with Crippen LogP contribution in [0.4, 0.5) is 0 Å². The molecular formula is C14H22O3S. The molecule has 0 aliphatic carbocycles. The van der Waals surface area contributed by atoms with Crippen molar-refractivity contribution in [3.8, 4) is 0 Å². The van der Waals surface area contributed by atoms with Gasteiger partial charge in [-0.05, 0) is 43.9 Å². The molecule has 2 aliphatic rings. The molecule has 0 radical (unpaired) electrons. The fraction of sp³-hybridized carbons (Fsp3) is 0.786. The normalized spacial score (nSPS) is 34.5. The lowest BCUT2D eigenvalue weighted by molar-refractivity contribution is -0.137. The number of hydrogen-bond acceptors (Lipinski definition) is 3. The first-order valence-electron chi connectivity index (χ1n) is 6.85. The summed E-state index contributed by atoms with van der Waals surface area (Å²) in [5.74, 6) is 0.403. The van der Waals surface area contributed by atoms with E-state index in [1.807, 2.05) is 0 Å². The molecule has 0 saturated carbocycles. The van der Waals surface area contributed by atoms with Crippen molar-refractivity contribution in [1.29, 1.82) is 0 Å². The number of fused-ring (bicyclic) bond motifs is 2. The van der Waals surface area contributed by atoms with Crippen LogP contribution in [-0.2, 0) is 4.79 Å². The number of aliphatic carboxylic acids is 1. The van der Waals surface area contributed by atoms with Gasteiger partial charge in [-0.15, -0.1) is 0 Å². The van der Waals surface area contributed by atoms with Crippen molar-refractivity contribution >= 4 is 17.7 Å². The van der Waals surface area contributed by atoms with E-state index in [-0.39, 0.29) is 6.42 Å². The van der Waals surface area contributed by atoms with Crippen LogP contribution in [0.3, 0.4) is 0 Å². The van der Waals surface area contributed by atoms with E-state index >= 15 is 0 Å². The number of aliphatic hydroxyl groups excluding tert-OH is 1. The minimum absolute atomic E-state index is 0.258. The summed E-state index contributed by atoms with van der Waals surface area (Å²) >= 11 is 2.07. The van der Waals surface area contributed by atoms with Gasteiger partial charge in [0, 0.05) is 23.5 Å². The number of carboxylic acids is 1. The van der Waals surface area contributed by atoms with E-state index < -0.39 is 5.97 Å². The van der Waals surface area contributed by atoms with E-state index in [1.54, 1.807) is 0 Å². The van der Waals surface area contributed by atoms with Crippen LogP contribution in [0.25, 0.3) is 0 Å². The minimum Gasteiger partial charge on any atom is -0.481 e. The zero-order valence-electron chi connectivity index (χ0n) is 10.6. The standard InChI is InChI=1S/C14H22O3S/c15-9-11-10(12-7-8-13(11)18-12)5-3-1-2-4-6-14(16)17/h1,3,10-13,15H,2,4-9H2,(H,16,17)/b3-1-/t10-,11+,12-,13+/m0/s1. The summed E-state index contributed by atoms with van der Waals surface area (Å²) in [6, 6.07) is 0. The molecule has 0 spiro atoms. The molecule has 0 aromatic heterocycles. The molecule has 2 aliphatic heterocycles. The molecule has 0 aromatic rings. The van der Waals surface area contributed by atoms with Crippen LogP contribution >= 0.6 is 11.8 Å². The predicted molar refractivity (Wildman–Crippen MR) is 73.7 cm³/mol. The van der Waals surface area contributed by atoms with Crippen LogP contribution in [0.5, 0.6) is 0 Å². The summed E-state index contributed by atoms with van der Waals surface area (Å²) in [7, 11) is 0. The van der Waals surface area contributed by atoms with E-state index in [4.69, 9.17) is 5.11 Å². The highest BCUT2D eigenvalue weighted by molar-refractivity contribution is 8.01. The molecule has 18 heavy (non-hydrogen) atoms. The smallest absolute Gasteiger partial charge is 0.303 e. The third kappa shape index (κ3) is 3.29. The Morgan fingerprint density at radius 2 is 1.94 bits per heavy atom. The second-order valence-electron chi connectivity index (χ2n) is 5.29.